The summed E-state index contributed by atoms with van der Waals surface area (Å²) in [6.07, 6.45) is -3.32. The number of hydrogen-bond donors (Lipinski definition) is 4. The molecule has 0 aliphatic carbocycles. The fraction of sp³-hybridized carbons (Fsp3) is 0.0714. The lowest BCUT2D eigenvalue weighted by Gasteiger charge is -2.13. The van der Waals surface area contributed by atoms with Crippen molar-refractivity contribution < 1.29 is 32.3 Å². The Morgan fingerprint density at radius 2 is 1.52 bits per heavy atom. The van der Waals surface area contributed by atoms with Crippen molar-refractivity contribution in [2.45, 2.75) is 12.6 Å². The monoisotopic (exact) mass is 617 g/mol. The second kappa shape index (κ2) is 13.2. The lowest BCUT2D eigenvalue weighted by atomic mass is 10.1. The van der Waals surface area contributed by atoms with Crippen molar-refractivity contribution in [2.75, 3.05) is 10.6 Å². The minimum atomic E-state index is -4.67. The van der Waals surface area contributed by atoms with Crippen LogP contribution >= 0.6 is 23.2 Å². The normalized spacial score (nSPS) is 10.9. The summed E-state index contributed by atoms with van der Waals surface area (Å²) in [7, 11) is 0. The van der Waals surface area contributed by atoms with Crippen LogP contribution < -0.4 is 26.2 Å². The van der Waals surface area contributed by atoms with Gasteiger partial charge in [-0.25, -0.2) is 4.79 Å². The number of benzene rings is 3. The molecule has 4 N–H and O–H groups in total. The number of nitrogens with one attached hydrogen (secondary N) is 4. The molecule has 0 saturated heterocycles. The summed E-state index contributed by atoms with van der Waals surface area (Å²) in [4.78, 5) is 40.8. The van der Waals surface area contributed by atoms with Crippen LogP contribution in [0, 0.1) is 0 Å². The molecule has 1 aromatic heterocycles. The fourth-order valence-corrected chi connectivity index (χ4v) is 3.96. The van der Waals surface area contributed by atoms with Gasteiger partial charge < -0.3 is 15.4 Å². The first-order chi connectivity index (χ1) is 20.0. The number of alkyl halides is 3. The molecule has 0 bridgehead atoms. The summed E-state index contributed by atoms with van der Waals surface area (Å²) in [5, 5.41) is 4.82. The molecule has 3 aromatic carbocycles. The minimum absolute atomic E-state index is 0.00402. The maximum Gasteiger partial charge on any atom is 0.417 e. The molecule has 14 heteroatoms. The molecular formula is C28H20Cl2F3N5O4. The summed E-state index contributed by atoms with van der Waals surface area (Å²) >= 11 is 11.5. The van der Waals surface area contributed by atoms with E-state index in [4.69, 9.17) is 27.9 Å². The second-order valence-corrected chi connectivity index (χ2v) is 9.43. The van der Waals surface area contributed by atoms with E-state index in [9.17, 15) is 27.6 Å². The van der Waals surface area contributed by atoms with Crippen LogP contribution in [0.5, 0.6) is 11.5 Å². The Balaban J connectivity index is 1.29. The van der Waals surface area contributed by atoms with Gasteiger partial charge in [-0.3, -0.25) is 25.4 Å². The van der Waals surface area contributed by atoms with Gasteiger partial charge >= 0.3 is 12.2 Å². The van der Waals surface area contributed by atoms with E-state index in [1.54, 1.807) is 24.3 Å². The molecule has 9 nitrogen and oxygen atoms in total. The Hall–Kier alpha value is -4.81. The molecule has 0 unspecified atom stereocenters. The molecule has 0 aliphatic rings. The summed E-state index contributed by atoms with van der Waals surface area (Å²) in [6.45, 7) is 0. The smallest absolute Gasteiger partial charge is 0.417 e. The van der Waals surface area contributed by atoms with E-state index in [-0.39, 0.29) is 23.6 Å². The van der Waals surface area contributed by atoms with Crippen LogP contribution in [0.25, 0.3) is 0 Å². The SMILES string of the molecule is O=C(Cc1cccc(Cl)c1)NNC(=O)c1cc(Oc2ccc(NC(=O)Nc3ccc(Cl)c(C(F)(F)F)c3)cc2)ccn1. The van der Waals surface area contributed by atoms with E-state index < -0.39 is 34.6 Å². The van der Waals surface area contributed by atoms with Gasteiger partial charge in [0, 0.05) is 28.7 Å². The molecule has 4 rings (SSSR count). The number of rotatable bonds is 7. The van der Waals surface area contributed by atoms with Gasteiger partial charge in [0.1, 0.15) is 17.2 Å². The first kappa shape index (κ1) is 30.2. The number of amides is 4. The van der Waals surface area contributed by atoms with Crippen LogP contribution in [0.4, 0.5) is 29.3 Å². The summed E-state index contributed by atoms with van der Waals surface area (Å²) in [5.41, 5.74) is 4.40. The molecular weight excluding hydrogens is 598 g/mol. The van der Waals surface area contributed by atoms with Crippen LogP contribution in [-0.4, -0.2) is 22.8 Å². The Bertz CT molecular complexity index is 1620. The predicted octanol–water partition coefficient (Wildman–Crippen LogP) is 6.85. The Morgan fingerprint density at radius 3 is 2.24 bits per heavy atom. The third-order valence-electron chi connectivity index (χ3n) is 5.41. The molecule has 0 aliphatic heterocycles. The Kier molecular flexibility index (Phi) is 9.50. The molecule has 216 valence electrons. The van der Waals surface area contributed by atoms with E-state index in [1.165, 1.54) is 48.7 Å². The molecule has 0 atom stereocenters. The zero-order chi connectivity index (χ0) is 30.3. The number of urea groups is 1. The van der Waals surface area contributed by atoms with Gasteiger partial charge in [-0.05, 0) is 66.2 Å². The van der Waals surface area contributed by atoms with Crippen LogP contribution in [-0.2, 0) is 17.4 Å². The van der Waals surface area contributed by atoms with Crippen molar-refractivity contribution in [1.82, 2.24) is 15.8 Å². The largest absolute Gasteiger partial charge is 0.457 e. The number of hydrazine groups is 1. The van der Waals surface area contributed by atoms with Crippen molar-refractivity contribution in [1.29, 1.82) is 0 Å². The number of hydrogen-bond acceptors (Lipinski definition) is 5. The van der Waals surface area contributed by atoms with Crippen molar-refractivity contribution in [2.24, 2.45) is 0 Å². The number of anilines is 2. The number of ether oxygens (including phenoxy) is 1. The lowest BCUT2D eigenvalue weighted by molar-refractivity contribution is -0.137. The molecule has 1 heterocycles. The van der Waals surface area contributed by atoms with E-state index in [2.05, 4.69) is 26.5 Å². The predicted molar refractivity (Wildman–Crippen MR) is 151 cm³/mol. The van der Waals surface area contributed by atoms with Crippen LogP contribution in [0.2, 0.25) is 10.0 Å². The number of pyridine rings is 1. The highest BCUT2D eigenvalue weighted by Gasteiger charge is 2.33. The fourth-order valence-electron chi connectivity index (χ4n) is 3.52. The van der Waals surface area contributed by atoms with Crippen molar-refractivity contribution in [3.63, 3.8) is 0 Å². The first-order valence-corrected chi connectivity index (χ1v) is 12.7. The maximum absolute atomic E-state index is 13.0. The molecule has 0 radical (unpaired) electrons. The van der Waals surface area contributed by atoms with Gasteiger partial charge in [-0.1, -0.05) is 35.3 Å². The van der Waals surface area contributed by atoms with E-state index in [0.29, 0.717) is 22.0 Å². The third-order valence-corrected chi connectivity index (χ3v) is 5.98. The van der Waals surface area contributed by atoms with Gasteiger partial charge in [0.05, 0.1) is 17.0 Å². The number of halogens is 5. The summed E-state index contributed by atoms with van der Waals surface area (Å²) < 4.78 is 44.9. The second-order valence-electron chi connectivity index (χ2n) is 8.58. The van der Waals surface area contributed by atoms with Crippen molar-refractivity contribution >= 4 is 52.4 Å². The van der Waals surface area contributed by atoms with Crippen LogP contribution in [0.1, 0.15) is 21.6 Å². The summed E-state index contributed by atoms with van der Waals surface area (Å²) in [5.74, 6) is -0.518. The standard InChI is InChI=1S/C28H20Cl2F3N5O4/c29-17-3-1-2-16(12-17)13-25(39)37-38-26(40)24-15-21(10-11-34-24)42-20-7-4-18(5-8-20)35-27(41)36-19-6-9-23(30)22(14-19)28(31,32)33/h1-12,14-15H,13H2,(H,37,39)(H,38,40)(H2,35,36,41). The minimum Gasteiger partial charge on any atom is -0.457 e. The molecule has 4 aromatic rings. The average molecular weight is 618 g/mol. The topological polar surface area (TPSA) is 121 Å². The average Bonchev–Trinajstić information content (AvgIpc) is 2.93. The van der Waals surface area contributed by atoms with Crippen molar-refractivity contribution in [3.05, 3.63) is 112 Å². The highest BCUT2D eigenvalue weighted by Crippen LogP contribution is 2.36. The number of carbonyl (C=O) groups excluding carboxylic acids is 3. The zero-order valence-corrected chi connectivity index (χ0v) is 22.8. The van der Waals surface area contributed by atoms with Crippen molar-refractivity contribution in [3.8, 4) is 11.5 Å². The molecule has 0 saturated carbocycles. The zero-order valence-electron chi connectivity index (χ0n) is 21.3. The van der Waals surface area contributed by atoms with Gasteiger partial charge in [0.25, 0.3) is 5.91 Å². The number of carbonyl (C=O) groups is 3. The van der Waals surface area contributed by atoms with Gasteiger partial charge in [0.2, 0.25) is 5.91 Å². The molecule has 0 fully saturated rings. The van der Waals surface area contributed by atoms with E-state index in [0.717, 1.165) is 12.1 Å². The van der Waals surface area contributed by atoms with E-state index >= 15 is 0 Å². The summed E-state index contributed by atoms with van der Waals surface area (Å²) in [6, 6.07) is 17.9. The van der Waals surface area contributed by atoms with Gasteiger partial charge in [0.15, 0.2) is 0 Å². The van der Waals surface area contributed by atoms with Crippen LogP contribution in [0.15, 0.2) is 85.1 Å². The highest BCUT2D eigenvalue weighted by atomic mass is 35.5. The molecule has 0 spiro atoms. The quantitative estimate of drug-likeness (QED) is 0.169. The Morgan fingerprint density at radius 1 is 0.810 bits per heavy atom. The first-order valence-electron chi connectivity index (χ1n) is 12.0. The van der Waals surface area contributed by atoms with Crippen LogP contribution in [0.3, 0.4) is 0 Å². The maximum atomic E-state index is 13.0. The number of nitrogens with zero attached hydrogens (tertiary/aromatic N) is 1. The van der Waals surface area contributed by atoms with Gasteiger partial charge in [-0.2, -0.15) is 13.2 Å². The third kappa shape index (κ3) is 8.59. The highest BCUT2D eigenvalue weighted by molar-refractivity contribution is 6.31. The lowest BCUT2D eigenvalue weighted by Crippen LogP contribution is -2.42. The Labute approximate surface area is 247 Å². The molecule has 42 heavy (non-hydrogen) atoms. The van der Waals surface area contributed by atoms with Gasteiger partial charge in [-0.15, -0.1) is 0 Å². The molecule has 4 amide bonds. The number of aromatic nitrogens is 1. The van der Waals surface area contributed by atoms with E-state index in [1.807, 2.05) is 0 Å².